The van der Waals surface area contributed by atoms with E-state index in [0.29, 0.717) is 4.90 Å². The van der Waals surface area contributed by atoms with Gasteiger partial charge in [0.2, 0.25) is 5.91 Å². The van der Waals surface area contributed by atoms with Crippen LogP contribution in [0.4, 0.5) is 20.2 Å². The van der Waals surface area contributed by atoms with Gasteiger partial charge in [0.15, 0.2) is 0 Å². The molecule has 0 atom stereocenters. The first kappa shape index (κ1) is 13.9. The van der Waals surface area contributed by atoms with Gasteiger partial charge >= 0.3 is 17.8 Å². The number of aliphatic carboxylic acids is 1. The number of rotatable bonds is 3. The zero-order valence-corrected chi connectivity index (χ0v) is 10.3. The predicted molar refractivity (Wildman–Crippen MR) is 64.6 cm³/mol. The van der Waals surface area contributed by atoms with Crippen molar-refractivity contribution in [3.05, 3.63) is 23.8 Å². The molecule has 1 aliphatic heterocycles. The van der Waals surface area contributed by atoms with Gasteiger partial charge in [-0.1, -0.05) is 0 Å². The highest BCUT2D eigenvalue weighted by Gasteiger charge is 2.53. The van der Waals surface area contributed by atoms with Crippen molar-refractivity contribution in [3.8, 4) is 0 Å². The smallest absolute Gasteiger partial charge is 0.352 e. The fourth-order valence-electron chi connectivity index (χ4n) is 1.99. The van der Waals surface area contributed by atoms with Gasteiger partial charge in [0.1, 0.15) is 6.54 Å². The Morgan fingerprint density at radius 3 is 2.60 bits per heavy atom. The van der Waals surface area contributed by atoms with Crippen LogP contribution in [0.3, 0.4) is 0 Å². The Morgan fingerprint density at radius 1 is 1.40 bits per heavy atom. The minimum Gasteiger partial charge on any atom is -0.480 e. The molecule has 2 N–H and O–H groups in total. The molecule has 8 heteroatoms. The first-order chi connectivity index (χ1) is 9.23. The predicted octanol–water partition coefficient (Wildman–Crippen LogP) is 1.17. The Bertz CT molecular complexity index is 615. The SMILES string of the molecule is CC(=O)Nc1ccc2c(c1)C(F)(F)C(=O)N2CC(=O)O. The summed E-state index contributed by atoms with van der Waals surface area (Å²) >= 11 is 0. The van der Waals surface area contributed by atoms with Crippen LogP contribution in [0.25, 0.3) is 0 Å². The van der Waals surface area contributed by atoms with Crippen LogP contribution in [0, 0.1) is 0 Å². The Balaban J connectivity index is 2.48. The second kappa shape index (κ2) is 4.55. The molecular weight excluding hydrogens is 274 g/mol. The lowest BCUT2D eigenvalue weighted by molar-refractivity contribution is -0.144. The number of carbonyl (C=O) groups is 3. The van der Waals surface area contributed by atoms with E-state index in [1.807, 2.05) is 0 Å². The summed E-state index contributed by atoms with van der Waals surface area (Å²) in [5, 5.41) is 11.0. The lowest BCUT2D eigenvalue weighted by Crippen LogP contribution is -2.37. The number of carboxylic acids is 1. The van der Waals surface area contributed by atoms with Crippen molar-refractivity contribution >= 4 is 29.2 Å². The number of halogens is 2. The summed E-state index contributed by atoms with van der Waals surface area (Å²) in [5.41, 5.74) is -0.674. The number of nitrogens with zero attached hydrogens (tertiary/aromatic N) is 1. The number of anilines is 2. The molecule has 0 fully saturated rings. The van der Waals surface area contributed by atoms with E-state index in [9.17, 15) is 23.2 Å². The fraction of sp³-hybridized carbons (Fsp3) is 0.250. The number of carbonyl (C=O) groups excluding carboxylic acids is 2. The van der Waals surface area contributed by atoms with Crippen LogP contribution >= 0.6 is 0 Å². The maximum absolute atomic E-state index is 13.9. The van der Waals surface area contributed by atoms with E-state index in [-0.39, 0.29) is 11.4 Å². The van der Waals surface area contributed by atoms with Crippen molar-refractivity contribution in [1.29, 1.82) is 0 Å². The van der Waals surface area contributed by atoms with E-state index in [0.717, 1.165) is 6.07 Å². The third-order valence-corrected chi connectivity index (χ3v) is 2.75. The Morgan fingerprint density at radius 2 is 2.05 bits per heavy atom. The average molecular weight is 284 g/mol. The number of nitrogens with one attached hydrogen (secondary N) is 1. The summed E-state index contributed by atoms with van der Waals surface area (Å²) in [5.74, 6) is -7.23. The van der Waals surface area contributed by atoms with Crippen LogP contribution in [0.5, 0.6) is 0 Å². The van der Waals surface area contributed by atoms with Crippen molar-refractivity contribution in [1.82, 2.24) is 0 Å². The topological polar surface area (TPSA) is 86.7 Å². The van der Waals surface area contributed by atoms with Gasteiger partial charge in [-0.25, -0.2) is 0 Å². The van der Waals surface area contributed by atoms with Gasteiger partial charge in [-0.05, 0) is 18.2 Å². The van der Waals surface area contributed by atoms with Crippen molar-refractivity contribution in [2.75, 3.05) is 16.8 Å². The highest BCUT2D eigenvalue weighted by molar-refractivity contribution is 6.08. The summed E-state index contributed by atoms with van der Waals surface area (Å²) < 4.78 is 27.7. The van der Waals surface area contributed by atoms with Crippen LogP contribution < -0.4 is 10.2 Å². The number of benzene rings is 1. The standard InChI is InChI=1S/C12H10F2N2O4/c1-6(17)15-7-2-3-9-8(4-7)12(13,14)11(20)16(9)5-10(18)19/h2-4H,5H2,1H3,(H,15,17)(H,18,19). The summed E-state index contributed by atoms with van der Waals surface area (Å²) in [6.07, 6.45) is 0. The van der Waals surface area contributed by atoms with E-state index in [4.69, 9.17) is 5.11 Å². The molecule has 0 saturated carbocycles. The highest BCUT2D eigenvalue weighted by Crippen LogP contribution is 2.45. The normalized spacial score (nSPS) is 15.9. The van der Waals surface area contributed by atoms with Crippen LogP contribution in [-0.2, 0) is 20.3 Å². The lowest BCUT2D eigenvalue weighted by atomic mass is 10.1. The van der Waals surface area contributed by atoms with Gasteiger partial charge in [-0.15, -0.1) is 0 Å². The number of hydrogen-bond donors (Lipinski definition) is 2. The number of amides is 2. The van der Waals surface area contributed by atoms with Crippen LogP contribution in [0.15, 0.2) is 18.2 Å². The van der Waals surface area contributed by atoms with Crippen LogP contribution in [-0.4, -0.2) is 29.4 Å². The summed E-state index contributed by atoms with van der Waals surface area (Å²) in [6.45, 7) is 0.369. The van der Waals surface area contributed by atoms with E-state index >= 15 is 0 Å². The maximum Gasteiger partial charge on any atom is 0.352 e. The number of hydrogen-bond acceptors (Lipinski definition) is 3. The second-order valence-corrected chi connectivity index (χ2v) is 4.27. The molecule has 0 aliphatic carbocycles. The van der Waals surface area contributed by atoms with Gasteiger partial charge < -0.3 is 10.4 Å². The molecule has 0 aromatic heterocycles. The molecule has 6 nitrogen and oxygen atoms in total. The van der Waals surface area contributed by atoms with E-state index in [1.165, 1.54) is 19.1 Å². The van der Waals surface area contributed by atoms with E-state index < -0.39 is 35.8 Å². The molecule has 0 unspecified atom stereocenters. The lowest BCUT2D eigenvalue weighted by Gasteiger charge is -2.14. The van der Waals surface area contributed by atoms with Crippen molar-refractivity contribution < 1.29 is 28.3 Å². The first-order valence-corrected chi connectivity index (χ1v) is 5.57. The largest absolute Gasteiger partial charge is 0.480 e. The molecule has 1 aromatic rings. The molecule has 1 heterocycles. The van der Waals surface area contributed by atoms with E-state index in [2.05, 4.69) is 5.32 Å². The Labute approximate surface area is 112 Å². The van der Waals surface area contributed by atoms with E-state index in [1.54, 1.807) is 0 Å². The molecule has 0 bridgehead atoms. The number of carboxylic acid groups (broad SMARTS) is 1. The van der Waals surface area contributed by atoms with Gasteiger partial charge in [0, 0.05) is 12.6 Å². The Hall–Kier alpha value is -2.51. The molecular formula is C12H10F2N2O4. The molecule has 2 rings (SSSR count). The first-order valence-electron chi connectivity index (χ1n) is 5.57. The minimum atomic E-state index is -3.81. The summed E-state index contributed by atoms with van der Waals surface area (Å²) in [4.78, 5) is 33.6. The molecule has 0 saturated heterocycles. The van der Waals surface area contributed by atoms with Crippen molar-refractivity contribution in [2.45, 2.75) is 12.8 Å². The van der Waals surface area contributed by atoms with Crippen LogP contribution in [0.1, 0.15) is 12.5 Å². The van der Waals surface area contributed by atoms with Crippen molar-refractivity contribution in [2.24, 2.45) is 0 Å². The van der Waals surface area contributed by atoms with Crippen molar-refractivity contribution in [3.63, 3.8) is 0 Å². The zero-order chi connectivity index (χ0) is 15.1. The summed E-state index contributed by atoms with van der Waals surface area (Å²) in [6, 6.07) is 3.47. The Kier molecular flexibility index (Phi) is 3.16. The van der Waals surface area contributed by atoms with Gasteiger partial charge in [-0.3, -0.25) is 19.3 Å². The molecule has 20 heavy (non-hydrogen) atoms. The zero-order valence-electron chi connectivity index (χ0n) is 10.3. The average Bonchev–Trinajstić information content (AvgIpc) is 2.50. The number of fused-ring (bicyclic) bond motifs is 1. The molecule has 2 amide bonds. The van der Waals surface area contributed by atoms with Crippen LogP contribution in [0.2, 0.25) is 0 Å². The molecule has 1 aromatic carbocycles. The number of alkyl halides is 2. The third-order valence-electron chi connectivity index (χ3n) is 2.75. The molecule has 1 aliphatic rings. The minimum absolute atomic E-state index is 0.112. The maximum atomic E-state index is 13.9. The molecule has 0 radical (unpaired) electrons. The molecule has 106 valence electrons. The van der Waals surface area contributed by atoms with Gasteiger partial charge in [-0.2, -0.15) is 8.78 Å². The van der Waals surface area contributed by atoms with Gasteiger partial charge in [0.25, 0.3) is 0 Å². The quantitative estimate of drug-likeness (QED) is 0.872. The monoisotopic (exact) mass is 284 g/mol. The second-order valence-electron chi connectivity index (χ2n) is 4.27. The van der Waals surface area contributed by atoms with Gasteiger partial charge in [0.05, 0.1) is 11.3 Å². The summed E-state index contributed by atoms with van der Waals surface area (Å²) in [7, 11) is 0. The highest BCUT2D eigenvalue weighted by atomic mass is 19.3. The third kappa shape index (κ3) is 2.20. The molecule has 0 spiro atoms. The fourth-order valence-corrected chi connectivity index (χ4v) is 1.99.